The number of carbonyl (C=O) groups is 1. The van der Waals surface area contributed by atoms with Gasteiger partial charge in [-0.2, -0.15) is 5.26 Å². The predicted molar refractivity (Wildman–Crippen MR) is 81.8 cm³/mol. The third kappa shape index (κ3) is 3.40. The molecule has 6 nitrogen and oxygen atoms in total. The lowest BCUT2D eigenvalue weighted by Crippen LogP contribution is -2.30. The largest absolute Gasteiger partial charge is 0.481 e. The molecule has 0 bridgehead atoms. The van der Waals surface area contributed by atoms with Gasteiger partial charge in [0.1, 0.15) is 10.8 Å². The molecule has 1 fully saturated rings. The lowest BCUT2D eigenvalue weighted by atomic mass is 10.2. The smallest absolute Gasteiger partial charge is 0.266 e. The number of aromatic nitrogens is 2. The summed E-state index contributed by atoms with van der Waals surface area (Å²) in [7, 11) is 0. The van der Waals surface area contributed by atoms with Crippen LogP contribution in [0.25, 0.3) is 0 Å². The second-order valence-corrected chi connectivity index (χ2v) is 6.11. The van der Waals surface area contributed by atoms with E-state index in [1.165, 1.54) is 11.3 Å². The van der Waals surface area contributed by atoms with E-state index in [4.69, 9.17) is 10.00 Å². The monoisotopic (exact) mass is 314 g/mol. The first kappa shape index (κ1) is 14.5. The van der Waals surface area contributed by atoms with Gasteiger partial charge in [-0.25, -0.2) is 0 Å². The first-order valence-corrected chi connectivity index (χ1v) is 7.78. The molecule has 112 valence electrons. The van der Waals surface area contributed by atoms with Crippen molar-refractivity contribution in [2.75, 3.05) is 5.32 Å². The van der Waals surface area contributed by atoms with E-state index in [-0.39, 0.29) is 5.91 Å². The molecule has 2 aromatic rings. The van der Waals surface area contributed by atoms with E-state index in [2.05, 4.69) is 15.5 Å². The van der Waals surface area contributed by atoms with Crippen LogP contribution >= 0.6 is 11.3 Å². The molecule has 0 radical (unpaired) electrons. The molecule has 1 atom stereocenters. The SMILES string of the molecule is CC(Oc1ccc(C#N)cc1)C(=O)Nc1nnc(C2CC2)s1. The summed E-state index contributed by atoms with van der Waals surface area (Å²) in [5, 5.41) is 21.0. The Morgan fingerprint density at radius 3 is 2.77 bits per heavy atom. The Labute approximate surface area is 131 Å². The van der Waals surface area contributed by atoms with Crippen molar-refractivity contribution in [1.82, 2.24) is 10.2 Å². The van der Waals surface area contributed by atoms with Gasteiger partial charge in [-0.05, 0) is 44.0 Å². The normalized spacial score (nSPS) is 14.9. The maximum atomic E-state index is 12.1. The van der Waals surface area contributed by atoms with Crippen LogP contribution in [0.15, 0.2) is 24.3 Å². The Balaban J connectivity index is 1.57. The van der Waals surface area contributed by atoms with Crippen LogP contribution in [0.2, 0.25) is 0 Å². The summed E-state index contributed by atoms with van der Waals surface area (Å²) in [4.78, 5) is 12.1. The van der Waals surface area contributed by atoms with Gasteiger partial charge in [0.15, 0.2) is 6.10 Å². The molecule has 1 aromatic carbocycles. The van der Waals surface area contributed by atoms with Crippen molar-refractivity contribution in [2.45, 2.75) is 31.8 Å². The average molecular weight is 314 g/mol. The Morgan fingerprint density at radius 1 is 1.41 bits per heavy atom. The molecule has 1 aromatic heterocycles. The van der Waals surface area contributed by atoms with Crippen LogP contribution in [0.1, 0.15) is 36.3 Å². The summed E-state index contributed by atoms with van der Waals surface area (Å²) in [5.74, 6) is 0.788. The summed E-state index contributed by atoms with van der Waals surface area (Å²) < 4.78 is 5.55. The number of benzene rings is 1. The summed E-state index contributed by atoms with van der Waals surface area (Å²) in [6.45, 7) is 1.66. The Morgan fingerprint density at radius 2 is 2.14 bits per heavy atom. The maximum Gasteiger partial charge on any atom is 0.266 e. The van der Waals surface area contributed by atoms with Crippen LogP contribution in [-0.4, -0.2) is 22.2 Å². The van der Waals surface area contributed by atoms with Crippen LogP contribution in [0.4, 0.5) is 5.13 Å². The Kier molecular flexibility index (Phi) is 4.02. The quantitative estimate of drug-likeness (QED) is 0.916. The number of anilines is 1. The van der Waals surface area contributed by atoms with Gasteiger partial charge < -0.3 is 4.74 Å². The van der Waals surface area contributed by atoms with Crippen molar-refractivity contribution in [2.24, 2.45) is 0 Å². The molecule has 1 heterocycles. The van der Waals surface area contributed by atoms with Crippen molar-refractivity contribution < 1.29 is 9.53 Å². The Hall–Kier alpha value is -2.46. The first-order valence-electron chi connectivity index (χ1n) is 6.97. The van der Waals surface area contributed by atoms with Crippen LogP contribution in [0.5, 0.6) is 5.75 Å². The number of amides is 1. The summed E-state index contributed by atoms with van der Waals surface area (Å²) in [6.07, 6.45) is 1.64. The minimum Gasteiger partial charge on any atom is -0.481 e. The fraction of sp³-hybridized carbons (Fsp3) is 0.333. The minimum absolute atomic E-state index is 0.275. The van der Waals surface area contributed by atoms with Gasteiger partial charge in [0, 0.05) is 5.92 Å². The fourth-order valence-corrected chi connectivity index (χ4v) is 2.77. The zero-order chi connectivity index (χ0) is 15.5. The molecule has 0 saturated heterocycles. The van der Waals surface area contributed by atoms with E-state index in [9.17, 15) is 4.79 Å². The zero-order valence-electron chi connectivity index (χ0n) is 11.9. The van der Waals surface area contributed by atoms with Crippen molar-refractivity contribution in [3.05, 3.63) is 34.8 Å². The van der Waals surface area contributed by atoms with Crippen molar-refractivity contribution in [1.29, 1.82) is 5.26 Å². The van der Waals surface area contributed by atoms with E-state index in [1.807, 2.05) is 6.07 Å². The first-order chi connectivity index (χ1) is 10.7. The lowest BCUT2D eigenvalue weighted by Gasteiger charge is -2.13. The highest BCUT2D eigenvalue weighted by molar-refractivity contribution is 7.15. The number of hydrogen-bond acceptors (Lipinski definition) is 6. The van der Waals surface area contributed by atoms with Crippen molar-refractivity contribution in [3.63, 3.8) is 0 Å². The van der Waals surface area contributed by atoms with Gasteiger partial charge in [-0.1, -0.05) is 11.3 Å². The zero-order valence-corrected chi connectivity index (χ0v) is 12.8. The average Bonchev–Trinajstić information content (AvgIpc) is 3.28. The number of nitriles is 1. The van der Waals surface area contributed by atoms with E-state index < -0.39 is 6.10 Å². The lowest BCUT2D eigenvalue weighted by molar-refractivity contribution is -0.122. The minimum atomic E-state index is -0.666. The molecule has 1 aliphatic carbocycles. The van der Waals surface area contributed by atoms with Crippen LogP contribution in [-0.2, 0) is 4.79 Å². The molecule has 7 heteroatoms. The number of nitrogens with zero attached hydrogens (tertiary/aromatic N) is 3. The van der Waals surface area contributed by atoms with E-state index in [0.717, 1.165) is 17.8 Å². The topological polar surface area (TPSA) is 87.9 Å². The van der Waals surface area contributed by atoms with Gasteiger partial charge in [0.2, 0.25) is 5.13 Å². The van der Waals surface area contributed by atoms with Crippen molar-refractivity contribution >= 4 is 22.4 Å². The molecule has 0 aliphatic heterocycles. The van der Waals surface area contributed by atoms with Crippen LogP contribution < -0.4 is 10.1 Å². The highest BCUT2D eigenvalue weighted by atomic mass is 32.1. The molecule has 1 saturated carbocycles. The molecule has 3 rings (SSSR count). The highest BCUT2D eigenvalue weighted by Crippen LogP contribution is 2.42. The predicted octanol–water partition coefficient (Wildman–Crippen LogP) is 2.69. The number of ether oxygens (including phenoxy) is 1. The van der Waals surface area contributed by atoms with Gasteiger partial charge >= 0.3 is 0 Å². The van der Waals surface area contributed by atoms with Gasteiger partial charge in [-0.15, -0.1) is 10.2 Å². The number of rotatable bonds is 5. The second-order valence-electron chi connectivity index (χ2n) is 5.11. The standard InChI is InChI=1S/C15H14N4O2S/c1-9(21-12-6-2-10(8-16)3-7-12)13(20)17-15-19-18-14(22-15)11-4-5-11/h2-3,6-7,9,11H,4-5H2,1H3,(H,17,19,20). The molecule has 1 amide bonds. The summed E-state index contributed by atoms with van der Waals surface area (Å²) in [5.41, 5.74) is 0.547. The van der Waals surface area contributed by atoms with Gasteiger partial charge in [0.05, 0.1) is 11.6 Å². The van der Waals surface area contributed by atoms with E-state index in [1.54, 1.807) is 31.2 Å². The number of nitrogens with one attached hydrogen (secondary N) is 1. The van der Waals surface area contributed by atoms with Crippen molar-refractivity contribution in [3.8, 4) is 11.8 Å². The summed E-state index contributed by atoms with van der Waals surface area (Å²) >= 11 is 1.41. The molecular formula is C15H14N4O2S. The summed E-state index contributed by atoms with van der Waals surface area (Å²) in [6, 6.07) is 8.65. The number of carbonyl (C=O) groups excluding carboxylic acids is 1. The second kappa shape index (κ2) is 6.12. The third-order valence-electron chi connectivity index (χ3n) is 3.26. The van der Waals surface area contributed by atoms with Crippen LogP contribution in [0.3, 0.4) is 0 Å². The van der Waals surface area contributed by atoms with Crippen LogP contribution in [0, 0.1) is 11.3 Å². The highest BCUT2D eigenvalue weighted by Gasteiger charge is 2.28. The van der Waals surface area contributed by atoms with Gasteiger partial charge in [-0.3, -0.25) is 10.1 Å². The van der Waals surface area contributed by atoms with Gasteiger partial charge in [0.25, 0.3) is 5.91 Å². The fourth-order valence-electron chi connectivity index (χ4n) is 1.85. The Bertz CT molecular complexity index is 716. The van der Waals surface area contributed by atoms with E-state index >= 15 is 0 Å². The molecule has 1 N–H and O–H groups in total. The molecule has 22 heavy (non-hydrogen) atoms. The van der Waals surface area contributed by atoms with E-state index in [0.29, 0.717) is 22.4 Å². The maximum absolute atomic E-state index is 12.1. The molecule has 0 spiro atoms. The molecule has 1 unspecified atom stereocenters. The number of hydrogen-bond donors (Lipinski definition) is 1. The third-order valence-corrected chi connectivity index (χ3v) is 4.26. The molecular weight excluding hydrogens is 300 g/mol. The molecule has 1 aliphatic rings.